The molecule has 0 aromatic heterocycles. The van der Waals surface area contributed by atoms with Crippen LogP contribution in [0.5, 0.6) is 0 Å². The summed E-state index contributed by atoms with van der Waals surface area (Å²) in [5.74, 6) is 0. The summed E-state index contributed by atoms with van der Waals surface area (Å²) in [6.45, 7) is 4.70. The lowest BCUT2D eigenvalue weighted by atomic mass is 10.7. The van der Waals surface area contributed by atoms with Gasteiger partial charge in [0, 0.05) is 0 Å². The highest BCUT2D eigenvalue weighted by Crippen LogP contribution is 2.46. The van der Waals surface area contributed by atoms with E-state index in [1.807, 2.05) is 0 Å². The van der Waals surface area contributed by atoms with Crippen LogP contribution >= 0.6 is 58.0 Å². The zero-order valence-corrected chi connectivity index (χ0v) is 7.69. The Morgan fingerprint density at radius 2 is 1.33 bits per heavy atom. The van der Waals surface area contributed by atoms with Crippen LogP contribution in [0.25, 0.3) is 4.85 Å². The second kappa shape index (κ2) is 2.90. The molecule has 0 spiro atoms. The molecule has 0 radical (unpaired) electrons. The summed E-state index contributed by atoms with van der Waals surface area (Å²) in [6.07, 6.45) is 0. The summed E-state index contributed by atoms with van der Waals surface area (Å²) in [5, 5.41) is 0. The lowest BCUT2D eigenvalue weighted by Crippen LogP contribution is -2.26. The Morgan fingerprint density at radius 3 is 1.33 bits per heavy atom. The first kappa shape index (κ1) is 9.94. The Hall–Kier alpha value is 0.940. The quantitative estimate of drug-likeness (QED) is 0.442. The maximum absolute atomic E-state index is 5.27. The van der Waals surface area contributed by atoms with E-state index in [1.165, 1.54) is 0 Å². The van der Waals surface area contributed by atoms with Crippen LogP contribution < -0.4 is 0 Å². The normalized spacial score (nSPS) is 12.9. The lowest BCUT2D eigenvalue weighted by Gasteiger charge is -2.09. The molecule has 0 aliphatic heterocycles. The SMILES string of the molecule is C#[N+]C(Cl)(Cl)C(Cl)(Cl)Cl. The number of alkyl halides is 5. The fourth-order valence-corrected chi connectivity index (χ4v) is 0.220. The molecule has 0 rings (SSSR count). The fraction of sp³-hybridized carbons (Fsp3) is 0.667. The summed E-state index contributed by atoms with van der Waals surface area (Å²) in [4.78, 5) is 2.93. The molecule has 0 atom stereocenters. The highest BCUT2D eigenvalue weighted by molar-refractivity contribution is 6.75. The van der Waals surface area contributed by atoms with Crippen LogP contribution in [0.4, 0.5) is 0 Å². The van der Waals surface area contributed by atoms with E-state index < -0.39 is 8.25 Å². The van der Waals surface area contributed by atoms with Crippen LogP contribution in [-0.4, -0.2) is 8.25 Å². The number of rotatable bonds is 0. The van der Waals surface area contributed by atoms with Gasteiger partial charge in [-0.3, -0.25) is 0 Å². The smallest absolute Gasteiger partial charge is 0.0717 e. The second-order valence-corrected chi connectivity index (χ2v) is 4.74. The van der Waals surface area contributed by atoms with Gasteiger partial charge in [-0.1, -0.05) is 34.8 Å². The second-order valence-electron chi connectivity index (χ2n) is 1.17. The maximum Gasteiger partial charge on any atom is 0.475 e. The van der Waals surface area contributed by atoms with E-state index in [0.717, 1.165) is 0 Å². The molecule has 0 amide bonds. The molecule has 0 aromatic carbocycles. The molecule has 0 N–H and O–H groups in total. The van der Waals surface area contributed by atoms with Gasteiger partial charge < -0.3 is 0 Å². The highest BCUT2D eigenvalue weighted by atomic mass is 35.6. The number of nitrogens with zero attached hydrogens (tertiary/aromatic N) is 1. The molecule has 6 heteroatoms. The van der Waals surface area contributed by atoms with Crippen molar-refractivity contribution in [2.75, 3.05) is 0 Å². The monoisotopic (exact) mass is 226 g/mol. The summed E-state index contributed by atoms with van der Waals surface area (Å²) >= 11 is 26.2. The predicted octanol–water partition coefficient (Wildman–Crippen LogP) is 3.45. The van der Waals surface area contributed by atoms with Gasteiger partial charge in [0.15, 0.2) is 0 Å². The molecule has 0 aromatic rings. The van der Waals surface area contributed by atoms with Crippen molar-refractivity contribution in [3.05, 3.63) is 4.85 Å². The first-order chi connectivity index (χ1) is 3.81. The van der Waals surface area contributed by atoms with E-state index in [-0.39, 0.29) is 0 Å². The lowest BCUT2D eigenvalue weighted by molar-refractivity contribution is 0.989. The van der Waals surface area contributed by atoms with Crippen LogP contribution in [0.1, 0.15) is 0 Å². The fourth-order valence-electron chi connectivity index (χ4n) is 0.0732. The molecule has 0 fully saturated rings. The summed E-state index contributed by atoms with van der Waals surface area (Å²) in [5.41, 5.74) is 0. The molecule has 0 unspecified atom stereocenters. The van der Waals surface area contributed by atoms with Crippen LogP contribution in [0.15, 0.2) is 0 Å². The topological polar surface area (TPSA) is 4.36 Å². The van der Waals surface area contributed by atoms with Crippen molar-refractivity contribution < 1.29 is 0 Å². The minimum atomic E-state index is -1.90. The minimum absolute atomic E-state index is 1.88. The molecule has 0 heterocycles. The average molecular weight is 228 g/mol. The Bertz CT molecular complexity index is 139. The first-order valence-electron chi connectivity index (χ1n) is 1.68. The van der Waals surface area contributed by atoms with Crippen LogP contribution in [0.2, 0.25) is 0 Å². The van der Waals surface area contributed by atoms with Gasteiger partial charge in [-0.15, -0.1) is 0 Å². The largest absolute Gasteiger partial charge is 0.475 e. The molecular weight excluding hydrogens is 227 g/mol. The molecule has 0 aliphatic rings. The van der Waals surface area contributed by atoms with Crippen molar-refractivity contribution in [3.63, 3.8) is 0 Å². The zero-order valence-electron chi connectivity index (χ0n) is 3.91. The maximum atomic E-state index is 5.27. The summed E-state index contributed by atoms with van der Waals surface area (Å²) < 4.78 is -3.78. The van der Waals surface area contributed by atoms with Gasteiger partial charge >= 0.3 is 8.25 Å². The Balaban J connectivity index is 4.39. The highest BCUT2D eigenvalue weighted by Gasteiger charge is 2.56. The molecule has 0 aliphatic carbocycles. The zero-order chi connectivity index (χ0) is 7.71. The van der Waals surface area contributed by atoms with E-state index in [4.69, 9.17) is 64.6 Å². The number of hydrogen-bond donors (Lipinski definition) is 0. The van der Waals surface area contributed by atoms with E-state index in [0.29, 0.717) is 0 Å². The van der Waals surface area contributed by atoms with E-state index in [1.54, 1.807) is 0 Å². The van der Waals surface area contributed by atoms with Crippen molar-refractivity contribution in [3.8, 4) is 6.57 Å². The van der Waals surface area contributed by atoms with Gasteiger partial charge in [-0.2, -0.15) is 0 Å². The Morgan fingerprint density at radius 1 is 1.00 bits per heavy atom. The Kier molecular flexibility index (Phi) is 3.20. The minimum Gasteiger partial charge on any atom is -0.0717 e. The Labute approximate surface area is 77.6 Å². The summed E-state index contributed by atoms with van der Waals surface area (Å²) in [6, 6.07) is 0. The van der Waals surface area contributed by atoms with Crippen LogP contribution in [0, 0.1) is 6.57 Å². The van der Waals surface area contributed by atoms with Gasteiger partial charge in [-0.25, -0.2) is 0 Å². The van der Waals surface area contributed by atoms with Crippen molar-refractivity contribution in [2.45, 2.75) is 8.25 Å². The van der Waals surface area contributed by atoms with Gasteiger partial charge in [0.05, 0.1) is 0 Å². The van der Waals surface area contributed by atoms with Crippen molar-refractivity contribution in [1.29, 1.82) is 0 Å². The average Bonchev–Trinajstić information content (AvgIpc) is 1.64. The number of hydrogen-bond acceptors (Lipinski definition) is 0. The molecular formula is C3HCl5N+. The van der Waals surface area contributed by atoms with Gasteiger partial charge in [0.1, 0.15) is 0 Å². The standard InChI is InChI=1S/C3HCl5N/c1-9-3(7,8)2(4,5)6/h1H/q+1. The van der Waals surface area contributed by atoms with Gasteiger partial charge in [0.2, 0.25) is 0 Å². The third-order valence-corrected chi connectivity index (χ3v) is 2.67. The molecule has 9 heavy (non-hydrogen) atoms. The predicted molar refractivity (Wildman–Crippen MR) is 43.0 cm³/mol. The van der Waals surface area contributed by atoms with E-state index in [2.05, 4.69) is 4.85 Å². The van der Waals surface area contributed by atoms with Gasteiger partial charge in [-0.05, 0) is 28.0 Å². The molecule has 0 saturated carbocycles. The van der Waals surface area contributed by atoms with Gasteiger partial charge in [0.25, 0.3) is 6.57 Å². The molecule has 0 saturated heterocycles. The molecule has 0 bridgehead atoms. The first-order valence-corrected chi connectivity index (χ1v) is 3.57. The van der Waals surface area contributed by atoms with E-state index >= 15 is 0 Å². The van der Waals surface area contributed by atoms with Crippen molar-refractivity contribution in [2.24, 2.45) is 0 Å². The van der Waals surface area contributed by atoms with Crippen molar-refractivity contribution in [1.82, 2.24) is 0 Å². The van der Waals surface area contributed by atoms with Crippen LogP contribution in [0.3, 0.4) is 0 Å². The van der Waals surface area contributed by atoms with Crippen molar-refractivity contribution >= 4 is 58.0 Å². The van der Waals surface area contributed by atoms with Crippen LogP contribution in [-0.2, 0) is 0 Å². The molecule has 52 valence electrons. The third kappa shape index (κ3) is 2.57. The van der Waals surface area contributed by atoms with E-state index in [9.17, 15) is 0 Å². The third-order valence-electron chi connectivity index (χ3n) is 0.503. The molecule has 1 nitrogen and oxygen atoms in total. The summed E-state index contributed by atoms with van der Waals surface area (Å²) in [7, 11) is 0. The number of halogens is 5.